The van der Waals surface area contributed by atoms with E-state index in [0.29, 0.717) is 12.2 Å². The van der Waals surface area contributed by atoms with Crippen LogP contribution < -0.4 is 10.1 Å². The van der Waals surface area contributed by atoms with E-state index in [1.807, 2.05) is 6.07 Å². The van der Waals surface area contributed by atoms with Gasteiger partial charge in [0.25, 0.3) is 0 Å². The van der Waals surface area contributed by atoms with Crippen LogP contribution in [0.2, 0.25) is 0 Å². The molecule has 0 radical (unpaired) electrons. The molecule has 0 amide bonds. The predicted molar refractivity (Wildman–Crippen MR) is 79.9 cm³/mol. The van der Waals surface area contributed by atoms with Crippen LogP contribution in [0.25, 0.3) is 0 Å². The van der Waals surface area contributed by atoms with Gasteiger partial charge in [-0.05, 0) is 31.0 Å². The van der Waals surface area contributed by atoms with Crippen LogP contribution in [0.3, 0.4) is 0 Å². The monoisotopic (exact) mass is 299 g/mol. The number of nitrogens with zero attached hydrogens (tertiary/aromatic N) is 2. The molecule has 2 aromatic rings. The number of ether oxygens (including phenoxy) is 1. The largest absolute Gasteiger partial charge is 0.496 e. The lowest BCUT2D eigenvalue weighted by molar-refractivity contribution is 0.0696. The molecular formula is C16H17N3O3. The SMILES string of the molecule is COc1ccnc2c1CCC2NCc1cc(C(=O)O)ccn1. The minimum absolute atomic E-state index is 0.139. The molecule has 2 aromatic heterocycles. The molecule has 1 aliphatic carbocycles. The van der Waals surface area contributed by atoms with E-state index >= 15 is 0 Å². The molecule has 0 saturated carbocycles. The van der Waals surface area contributed by atoms with Gasteiger partial charge in [-0.3, -0.25) is 9.97 Å². The summed E-state index contributed by atoms with van der Waals surface area (Å²) in [5.41, 5.74) is 3.11. The molecule has 2 N–H and O–H groups in total. The summed E-state index contributed by atoms with van der Waals surface area (Å²) in [6, 6.07) is 5.09. The van der Waals surface area contributed by atoms with Crippen molar-refractivity contribution < 1.29 is 14.6 Å². The number of methoxy groups -OCH3 is 1. The van der Waals surface area contributed by atoms with Gasteiger partial charge in [-0.25, -0.2) is 4.79 Å². The van der Waals surface area contributed by atoms with Gasteiger partial charge in [-0.1, -0.05) is 0 Å². The van der Waals surface area contributed by atoms with Crippen molar-refractivity contribution in [3.05, 3.63) is 53.1 Å². The molecule has 1 unspecified atom stereocenters. The Morgan fingerprint density at radius 2 is 2.23 bits per heavy atom. The first kappa shape index (κ1) is 14.5. The molecule has 1 aliphatic rings. The maximum atomic E-state index is 11.0. The third-order valence-corrected chi connectivity index (χ3v) is 3.87. The second-order valence-electron chi connectivity index (χ2n) is 5.19. The number of hydrogen-bond acceptors (Lipinski definition) is 5. The zero-order valence-electron chi connectivity index (χ0n) is 12.2. The zero-order valence-corrected chi connectivity index (χ0v) is 12.2. The number of carbonyl (C=O) groups is 1. The molecule has 6 heteroatoms. The second kappa shape index (κ2) is 6.11. The number of aromatic carboxylic acids is 1. The molecule has 2 heterocycles. The van der Waals surface area contributed by atoms with E-state index in [2.05, 4.69) is 15.3 Å². The van der Waals surface area contributed by atoms with Gasteiger partial charge in [0.05, 0.1) is 30.1 Å². The number of carboxylic acids is 1. The summed E-state index contributed by atoms with van der Waals surface area (Å²) in [6.07, 6.45) is 5.14. The molecule has 3 rings (SSSR count). The standard InChI is InChI=1S/C16H17N3O3/c1-22-14-5-7-18-15-12(14)2-3-13(15)19-9-11-8-10(16(20)21)4-6-17-11/h4-8,13,19H,2-3,9H2,1H3,(H,20,21). The van der Waals surface area contributed by atoms with E-state index < -0.39 is 5.97 Å². The number of aromatic nitrogens is 2. The van der Waals surface area contributed by atoms with Crippen LogP contribution in [0.1, 0.15) is 39.8 Å². The molecule has 6 nitrogen and oxygen atoms in total. The molecule has 22 heavy (non-hydrogen) atoms. The highest BCUT2D eigenvalue weighted by molar-refractivity contribution is 5.87. The van der Waals surface area contributed by atoms with Gasteiger partial charge in [0.15, 0.2) is 0 Å². The van der Waals surface area contributed by atoms with E-state index in [9.17, 15) is 4.79 Å². The van der Waals surface area contributed by atoms with Crippen LogP contribution in [-0.2, 0) is 13.0 Å². The fraction of sp³-hybridized carbons (Fsp3) is 0.312. The van der Waals surface area contributed by atoms with Gasteiger partial charge in [-0.2, -0.15) is 0 Å². The van der Waals surface area contributed by atoms with Crippen LogP contribution in [0, 0.1) is 0 Å². The minimum Gasteiger partial charge on any atom is -0.496 e. The summed E-state index contributed by atoms with van der Waals surface area (Å²) in [5, 5.41) is 12.4. The smallest absolute Gasteiger partial charge is 0.335 e. The molecule has 0 bridgehead atoms. The van der Waals surface area contributed by atoms with Gasteiger partial charge in [0.2, 0.25) is 0 Å². The van der Waals surface area contributed by atoms with Crippen molar-refractivity contribution in [3.63, 3.8) is 0 Å². The maximum absolute atomic E-state index is 11.0. The highest BCUT2D eigenvalue weighted by atomic mass is 16.5. The Kier molecular flexibility index (Phi) is 4.02. The van der Waals surface area contributed by atoms with Crippen LogP contribution in [-0.4, -0.2) is 28.2 Å². The predicted octanol–water partition coefficient (Wildman–Crippen LogP) is 1.96. The third-order valence-electron chi connectivity index (χ3n) is 3.87. The molecule has 114 valence electrons. The van der Waals surface area contributed by atoms with Crippen LogP contribution >= 0.6 is 0 Å². The lowest BCUT2D eigenvalue weighted by Gasteiger charge is -2.13. The highest BCUT2D eigenvalue weighted by Crippen LogP contribution is 2.35. The van der Waals surface area contributed by atoms with E-state index in [0.717, 1.165) is 29.8 Å². The Bertz CT molecular complexity index is 703. The van der Waals surface area contributed by atoms with E-state index in [-0.39, 0.29) is 11.6 Å². The quantitative estimate of drug-likeness (QED) is 0.878. The fourth-order valence-corrected chi connectivity index (χ4v) is 2.79. The highest BCUT2D eigenvalue weighted by Gasteiger charge is 2.26. The topological polar surface area (TPSA) is 84.3 Å². The van der Waals surface area contributed by atoms with Crippen molar-refractivity contribution in [1.82, 2.24) is 15.3 Å². The molecule has 0 fully saturated rings. The Balaban J connectivity index is 1.72. The number of fused-ring (bicyclic) bond motifs is 1. The van der Waals surface area contributed by atoms with E-state index in [1.165, 1.54) is 12.3 Å². The molecule has 0 aromatic carbocycles. The Morgan fingerprint density at radius 3 is 3.00 bits per heavy atom. The van der Waals surface area contributed by atoms with Gasteiger partial charge in [0.1, 0.15) is 5.75 Å². The summed E-state index contributed by atoms with van der Waals surface area (Å²) >= 11 is 0. The molecule has 1 atom stereocenters. The summed E-state index contributed by atoms with van der Waals surface area (Å²) in [7, 11) is 1.66. The van der Waals surface area contributed by atoms with Crippen molar-refractivity contribution >= 4 is 5.97 Å². The van der Waals surface area contributed by atoms with Crippen LogP contribution in [0.15, 0.2) is 30.6 Å². The first-order valence-corrected chi connectivity index (χ1v) is 7.12. The summed E-state index contributed by atoms with van der Waals surface area (Å²) in [5.74, 6) is -0.0680. The fourth-order valence-electron chi connectivity index (χ4n) is 2.79. The Morgan fingerprint density at radius 1 is 1.41 bits per heavy atom. The average molecular weight is 299 g/mol. The zero-order chi connectivity index (χ0) is 15.5. The number of pyridine rings is 2. The van der Waals surface area contributed by atoms with Crippen molar-refractivity contribution in [2.24, 2.45) is 0 Å². The summed E-state index contributed by atoms with van der Waals surface area (Å²) in [6.45, 7) is 0.504. The molecule has 0 spiro atoms. The second-order valence-corrected chi connectivity index (χ2v) is 5.19. The molecule has 0 aliphatic heterocycles. The summed E-state index contributed by atoms with van der Waals surface area (Å²) < 4.78 is 5.36. The van der Waals surface area contributed by atoms with Crippen LogP contribution in [0.4, 0.5) is 0 Å². The first-order valence-electron chi connectivity index (χ1n) is 7.12. The van der Waals surface area contributed by atoms with E-state index in [4.69, 9.17) is 9.84 Å². The Labute approximate surface area is 128 Å². The Hall–Kier alpha value is -2.47. The third kappa shape index (κ3) is 2.78. The van der Waals surface area contributed by atoms with Gasteiger partial charge >= 0.3 is 5.97 Å². The number of hydrogen-bond donors (Lipinski definition) is 2. The van der Waals surface area contributed by atoms with Gasteiger partial charge < -0.3 is 15.2 Å². The summed E-state index contributed by atoms with van der Waals surface area (Å²) in [4.78, 5) is 19.6. The lowest BCUT2D eigenvalue weighted by atomic mass is 10.2. The van der Waals surface area contributed by atoms with E-state index in [1.54, 1.807) is 19.4 Å². The number of rotatable bonds is 5. The van der Waals surface area contributed by atoms with Crippen LogP contribution in [0.5, 0.6) is 5.75 Å². The molecule has 0 saturated heterocycles. The van der Waals surface area contributed by atoms with Crippen molar-refractivity contribution in [2.75, 3.05) is 7.11 Å². The maximum Gasteiger partial charge on any atom is 0.335 e. The van der Waals surface area contributed by atoms with Crippen molar-refractivity contribution in [2.45, 2.75) is 25.4 Å². The average Bonchev–Trinajstić information content (AvgIpc) is 2.96. The minimum atomic E-state index is -0.943. The normalized spacial score (nSPS) is 16.3. The van der Waals surface area contributed by atoms with Gasteiger partial charge in [-0.15, -0.1) is 0 Å². The number of carboxylic acid groups (broad SMARTS) is 1. The number of nitrogens with one attached hydrogen (secondary N) is 1. The molecular weight excluding hydrogens is 282 g/mol. The lowest BCUT2D eigenvalue weighted by Crippen LogP contribution is -2.20. The van der Waals surface area contributed by atoms with Gasteiger partial charge in [0, 0.05) is 24.5 Å². The first-order chi connectivity index (χ1) is 10.7. The van der Waals surface area contributed by atoms with Crippen molar-refractivity contribution in [3.8, 4) is 5.75 Å². The van der Waals surface area contributed by atoms with Crippen molar-refractivity contribution in [1.29, 1.82) is 0 Å².